The van der Waals surface area contributed by atoms with Crippen molar-refractivity contribution in [2.24, 2.45) is 0 Å². The van der Waals surface area contributed by atoms with Crippen molar-refractivity contribution in [1.29, 1.82) is 0 Å². The first-order chi connectivity index (χ1) is 33.5. The highest BCUT2D eigenvalue weighted by Crippen LogP contribution is 2.49. The van der Waals surface area contributed by atoms with Crippen molar-refractivity contribution in [2.45, 2.75) is 185 Å². The fourth-order valence-corrected chi connectivity index (χ4v) is 8.13. The van der Waals surface area contributed by atoms with Crippen molar-refractivity contribution >= 4 is 27.6 Å². The third-order valence-electron chi connectivity index (χ3n) is 10.3. The molecule has 9 atom stereocenters. The van der Waals surface area contributed by atoms with Gasteiger partial charge in [0, 0.05) is 12.8 Å². The largest absolute Gasteiger partial charge is 0.472 e. The maximum Gasteiger partial charge on any atom is 0.472 e. The zero-order valence-electron chi connectivity index (χ0n) is 41.0. The summed E-state index contributed by atoms with van der Waals surface area (Å²) in [5.41, 5.74) is 0. The number of allylic oxidation sites excluding steroid dienone is 18. The molecule has 70 heavy (non-hydrogen) atoms. The van der Waals surface area contributed by atoms with Gasteiger partial charge in [0.1, 0.15) is 43.2 Å². The number of phosphoric ester groups is 2. The molecule has 8 N–H and O–H groups in total. The molecule has 0 radical (unpaired) electrons. The molecule has 5 unspecified atom stereocenters. The minimum Gasteiger partial charge on any atom is -0.462 e. The highest BCUT2D eigenvalue weighted by atomic mass is 31.2. The summed E-state index contributed by atoms with van der Waals surface area (Å²) in [5.74, 6) is -1.34. The van der Waals surface area contributed by atoms with E-state index in [0.717, 1.165) is 83.5 Å². The normalized spacial score (nSPS) is 22.4. The second-order valence-corrected chi connectivity index (χ2v) is 19.3. The number of rotatable bonds is 39. The number of carbonyl (C=O) groups is 2. The predicted octanol–water partition coefficient (Wildman–Crippen LogP) is 8.70. The van der Waals surface area contributed by atoms with Gasteiger partial charge in [-0.2, -0.15) is 0 Å². The van der Waals surface area contributed by atoms with Gasteiger partial charge in [0.15, 0.2) is 6.10 Å². The fourth-order valence-electron chi connectivity index (χ4n) is 6.59. The van der Waals surface area contributed by atoms with Crippen LogP contribution >= 0.6 is 15.6 Å². The Balaban J connectivity index is 2.64. The van der Waals surface area contributed by atoms with Crippen LogP contribution in [0.4, 0.5) is 0 Å². The fraction of sp³-hybridized carbons (Fsp3) is 0.608. The number of esters is 2. The number of phosphoric acid groups is 2. The van der Waals surface area contributed by atoms with E-state index in [4.69, 9.17) is 18.5 Å². The SMILES string of the molecule is CC/C=C\C/C=C\C/C=C\C/C=C\C/C=C\CCCCCC(=O)OC[C@H](COP(=O)(O)O[C@H]1C(O)C(O)C(O)[C@@H](OP(=O)(O)O)C1O)OC(=O)CCC/C=C\C/C=C\C/C=C\C/C=C\CCC[C@H](C)O. The first-order valence-electron chi connectivity index (χ1n) is 24.5. The molecule has 19 heteroatoms. The summed E-state index contributed by atoms with van der Waals surface area (Å²) in [6.07, 6.45) is 36.0. The van der Waals surface area contributed by atoms with Crippen molar-refractivity contribution in [2.75, 3.05) is 13.2 Å². The minimum absolute atomic E-state index is 0.0565. The van der Waals surface area contributed by atoms with E-state index in [0.29, 0.717) is 25.7 Å². The Kier molecular flexibility index (Phi) is 37.1. The van der Waals surface area contributed by atoms with Crippen LogP contribution < -0.4 is 0 Å². The van der Waals surface area contributed by atoms with Crippen molar-refractivity contribution in [3.05, 3.63) is 109 Å². The molecule has 0 amide bonds. The molecule has 398 valence electrons. The molecule has 0 saturated heterocycles. The van der Waals surface area contributed by atoms with Crippen LogP contribution in [0.2, 0.25) is 0 Å². The molecule has 0 heterocycles. The van der Waals surface area contributed by atoms with Crippen molar-refractivity contribution in [3.8, 4) is 0 Å². The zero-order chi connectivity index (χ0) is 51.9. The lowest BCUT2D eigenvalue weighted by molar-refractivity contribution is -0.216. The molecule has 0 aromatic carbocycles. The smallest absolute Gasteiger partial charge is 0.462 e. The molecule has 17 nitrogen and oxygen atoms in total. The number of carbonyl (C=O) groups excluding carboxylic acids is 2. The Hall–Kier alpha value is -3.38. The Morgan fingerprint density at radius 3 is 1.41 bits per heavy atom. The van der Waals surface area contributed by atoms with E-state index in [1.807, 2.05) is 18.2 Å². The van der Waals surface area contributed by atoms with Crippen LogP contribution in [-0.2, 0) is 41.8 Å². The zero-order valence-corrected chi connectivity index (χ0v) is 42.8. The molecular weight excluding hydrogens is 946 g/mol. The molecule has 0 spiro atoms. The number of aliphatic hydroxyl groups excluding tert-OH is 5. The van der Waals surface area contributed by atoms with Gasteiger partial charge in [0.25, 0.3) is 0 Å². The predicted molar refractivity (Wildman–Crippen MR) is 270 cm³/mol. The summed E-state index contributed by atoms with van der Waals surface area (Å²) in [6, 6.07) is 0. The Morgan fingerprint density at radius 1 is 0.514 bits per heavy atom. The van der Waals surface area contributed by atoms with Gasteiger partial charge in [-0.1, -0.05) is 123 Å². The van der Waals surface area contributed by atoms with E-state index >= 15 is 0 Å². The van der Waals surface area contributed by atoms with E-state index in [1.165, 1.54) is 0 Å². The Morgan fingerprint density at radius 2 is 0.943 bits per heavy atom. The highest BCUT2D eigenvalue weighted by molar-refractivity contribution is 7.47. The molecule has 0 aromatic heterocycles. The molecular formula is C51H82O17P2. The lowest BCUT2D eigenvalue weighted by Gasteiger charge is -2.43. The average Bonchev–Trinajstić information content (AvgIpc) is 3.30. The third-order valence-corrected chi connectivity index (χ3v) is 11.9. The van der Waals surface area contributed by atoms with Crippen molar-refractivity contribution in [1.82, 2.24) is 0 Å². The molecule has 0 bridgehead atoms. The van der Waals surface area contributed by atoms with E-state index in [9.17, 15) is 58.9 Å². The molecule has 1 fully saturated rings. The van der Waals surface area contributed by atoms with Gasteiger partial charge in [0.05, 0.1) is 12.7 Å². The van der Waals surface area contributed by atoms with Gasteiger partial charge in [-0.15, -0.1) is 0 Å². The van der Waals surface area contributed by atoms with Crippen LogP contribution in [0.1, 0.15) is 136 Å². The maximum absolute atomic E-state index is 13.0. The lowest BCUT2D eigenvalue weighted by atomic mass is 9.85. The molecule has 1 rings (SSSR count). The third kappa shape index (κ3) is 34.9. The molecule has 1 saturated carbocycles. The van der Waals surface area contributed by atoms with Gasteiger partial charge in [-0.05, 0) is 110 Å². The Labute approximate surface area is 415 Å². The average molecular weight is 1030 g/mol. The number of unbranched alkanes of at least 4 members (excludes halogenated alkanes) is 5. The second-order valence-electron chi connectivity index (χ2n) is 16.7. The Bertz CT molecular complexity index is 1780. The summed E-state index contributed by atoms with van der Waals surface area (Å²) < 4.78 is 49.3. The molecule has 0 aromatic rings. The monoisotopic (exact) mass is 1030 g/mol. The van der Waals surface area contributed by atoms with Crippen LogP contribution in [-0.4, -0.2) is 114 Å². The lowest BCUT2D eigenvalue weighted by Crippen LogP contribution is -2.64. The maximum atomic E-state index is 13.0. The standard InChI is InChI=1S/C51H82O17P2/c1-3-4-5-6-7-8-9-10-11-12-13-14-17-20-23-26-29-32-35-38-44(53)64-40-43(41-65-70(62,63)68-51-48(57)46(55)47(56)50(49(51)58)67-69(59,60)61)66-45(54)39-36-33-30-27-24-21-18-15-16-19-22-25-28-31-34-37-42(2)52/h4-5,7-8,10-11,13-14,16,18-21,23,25,27-28,30,42-43,46-52,55-58H,3,6,9,12,15,17,22,24,26,29,31-41H2,1-2H3,(H,62,63)(H2,59,60,61)/b5-4-,8-7-,11-10-,14-13-,19-16-,21-18-,23-20-,28-25-,30-27-/t42-,43+,46?,47?,48?,49?,50+,51-/m0/s1. The number of hydrogen-bond donors (Lipinski definition) is 8. The molecule has 1 aliphatic rings. The van der Waals surface area contributed by atoms with Gasteiger partial charge >= 0.3 is 27.6 Å². The van der Waals surface area contributed by atoms with Crippen LogP contribution in [0.3, 0.4) is 0 Å². The van der Waals surface area contributed by atoms with Crippen LogP contribution in [0, 0.1) is 0 Å². The molecule has 1 aliphatic carbocycles. The highest BCUT2D eigenvalue weighted by Gasteiger charge is 2.54. The number of hydrogen-bond acceptors (Lipinski definition) is 14. The van der Waals surface area contributed by atoms with E-state index in [2.05, 4.69) is 103 Å². The minimum atomic E-state index is -5.39. The van der Waals surface area contributed by atoms with Crippen LogP contribution in [0.15, 0.2) is 109 Å². The summed E-state index contributed by atoms with van der Waals surface area (Å²) >= 11 is 0. The molecule has 0 aliphatic heterocycles. The van der Waals surface area contributed by atoms with Gasteiger partial charge in [0.2, 0.25) is 0 Å². The summed E-state index contributed by atoms with van der Waals surface area (Å²) in [6.45, 7) is 2.46. The van der Waals surface area contributed by atoms with Gasteiger partial charge < -0.3 is 49.7 Å². The van der Waals surface area contributed by atoms with E-state index in [1.54, 1.807) is 6.92 Å². The summed E-state index contributed by atoms with van der Waals surface area (Å²) in [4.78, 5) is 54.3. The van der Waals surface area contributed by atoms with Crippen molar-refractivity contribution < 1.29 is 82.0 Å². The van der Waals surface area contributed by atoms with E-state index in [-0.39, 0.29) is 18.9 Å². The van der Waals surface area contributed by atoms with Crippen LogP contribution in [0.25, 0.3) is 0 Å². The topological polar surface area (TPSA) is 276 Å². The second kappa shape index (κ2) is 40.1. The summed E-state index contributed by atoms with van der Waals surface area (Å²) in [5, 5.41) is 50.6. The number of ether oxygens (including phenoxy) is 2. The van der Waals surface area contributed by atoms with Gasteiger partial charge in [-0.25, -0.2) is 9.13 Å². The van der Waals surface area contributed by atoms with Gasteiger partial charge in [-0.3, -0.25) is 23.2 Å². The number of aliphatic hydroxyl groups is 5. The first kappa shape index (κ1) is 64.6. The van der Waals surface area contributed by atoms with Crippen LogP contribution in [0.5, 0.6) is 0 Å². The summed E-state index contributed by atoms with van der Waals surface area (Å²) in [7, 11) is -10.7. The quantitative estimate of drug-likeness (QED) is 0.0124. The van der Waals surface area contributed by atoms with Crippen molar-refractivity contribution in [3.63, 3.8) is 0 Å². The first-order valence-corrected chi connectivity index (χ1v) is 27.5. The van der Waals surface area contributed by atoms with E-state index < -0.39 is 83.5 Å².